The molecule has 0 spiro atoms. The maximum absolute atomic E-state index is 15.3. The van der Waals surface area contributed by atoms with Crippen LogP contribution >= 0.6 is 11.6 Å². The van der Waals surface area contributed by atoms with E-state index < -0.39 is 55.5 Å². The molecule has 2 saturated heterocycles. The number of benzene rings is 3. The number of amides is 1. The van der Waals surface area contributed by atoms with Crippen molar-refractivity contribution in [2.45, 2.75) is 69.0 Å². The number of nitrogens with one attached hydrogen (secondary N) is 3. The number of allylic oxidation sites excluding steroid dienone is 1. The number of sulfonamides is 1. The summed E-state index contributed by atoms with van der Waals surface area (Å²) in [5.41, 5.74) is 2.69. The number of nitro groups is 1. The highest BCUT2D eigenvalue weighted by molar-refractivity contribution is 7.90. The van der Waals surface area contributed by atoms with Crippen molar-refractivity contribution < 1.29 is 40.8 Å². The third-order valence-electron chi connectivity index (χ3n) is 13.4. The largest absolute Gasteiger partial charge is 0.412 e. The second-order valence-corrected chi connectivity index (χ2v) is 20.9. The number of pyridine rings is 1. The van der Waals surface area contributed by atoms with E-state index in [1.54, 1.807) is 30.5 Å². The molecule has 360 valence electrons. The molecule has 0 unspecified atom stereocenters. The summed E-state index contributed by atoms with van der Waals surface area (Å²) in [4.78, 5) is 38.4. The summed E-state index contributed by atoms with van der Waals surface area (Å²) in [5, 5.41) is 16.2. The van der Waals surface area contributed by atoms with E-state index in [9.17, 15) is 23.3 Å². The van der Waals surface area contributed by atoms with Crippen LogP contribution in [0.1, 0.15) is 68.3 Å². The van der Waals surface area contributed by atoms with Gasteiger partial charge in [-0.05, 0) is 90.4 Å². The number of halogens is 4. The summed E-state index contributed by atoms with van der Waals surface area (Å²) in [6.45, 7) is 7.80. The van der Waals surface area contributed by atoms with Crippen LogP contribution in [0.15, 0.2) is 89.5 Å². The lowest BCUT2D eigenvalue weighted by Gasteiger charge is -2.39. The molecule has 68 heavy (non-hydrogen) atoms. The van der Waals surface area contributed by atoms with Crippen molar-refractivity contribution in [2.24, 2.45) is 5.41 Å². The molecule has 20 heteroatoms. The molecule has 3 N–H and O–H groups in total. The third kappa shape index (κ3) is 10.3. The quantitative estimate of drug-likeness (QED) is 0.0799. The van der Waals surface area contributed by atoms with Crippen LogP contribution in [0, 0.1) is 15.5 Å². The van der Waals surface area contributed by atoms with Gasteiger partial charge >= 0.3 is 6.11 Å². The van der Waals surface area contributed by atoms with Crippen LogP contribution < -0.4 is 24.6 Å². The Morgan fingerprint density at radius 2 is 1.68 bits per heavy atom. The van der Waals surface area contributed by atoms with Gasteiger partial charge in [0.05, 0.1) is 27.5 Å². The second kappa shape index (κ2) is 18.5. The summed E-state index contributed by atoms with van der Waals surface area (Å²) in [6.07, 6.45) is 0.347. The number of carbonyl (C=O) groups excluding carboxylic acids is 1. The highest BCUT2D eigenvalue weighted by Crippen LogP contribution is 2.45. The molecule has 9 rings (SSSR count). The maximum Gasteiger partial charge on any atom is 0.400 e. The lowest BCUT2D eigenvalue weighted by Crippen LogP contribution is -2.47. The van der Waals surface area contributed by atoms with Crippen LogP contribution in [0.3, 0.4) is 0 Å². The number of piperazine rings is 1. The van der Waals surface area contributed by atoms with Crippen molar-refractivity contribution in [3.05, 3.63) is 111 Å². The predicted octanol–water partition coefficient (Wildman–Crippen LogP) is 9.47. The van der Waals surface area contributed by atoms with Gasteiger partial charge in [0.15, 0.2) is 0 Å². The molecular formula is C48H52ClF3N8O7S. The van der Waals surface area contributed by atoms with Crippen LogP contribution in [-0.2, 0) is 14.8 Å². The van der Waals surface area contributed by atoms with Gasteiger partial charge in [0, 0.05) is 100 Å². The number of H-pyrrole nitrogens is 1. The fraction of sp³-hybridized carbons (Fsp3) is 0.417. The monoisotopic (exact) mass is 976 g/mol. The molecule has 0 radical (unpaired) electrons. The number of aromatic nitrogens is 2. The Bertz CT molecular complexity index is 2880. The van der Waals surface area contributed by atoms with Gasteiger partial charge in [0.2, 0.25) is 5.88 Å². The summed E-state index contributed by atoms with van der Waals surface area (Å²) < 4.78 is 86.2. The van der Waals surface area contributed by atoms with E-state index in [2.05, 4.69) is 55.8 Å². The van der Waals surface area contributed by atoms with Crippen molar-refractivity contribution in [3.63, 3.8) is 0 Å². The molecule has 0 bridgehead atoms. The van der Waals surface area contributed by atoms with E-state index in [-0.39, 0.29) is 67.2 Å². The van der Waals surface area contributed by atoms with Crippen LogP contribution in [0.4, 0.5) is 41.6 Å². The second-order valence-electron chi connectivity index (χ2n) is 18.8. The summed E-state index contributed by atoms with van der Waals surface area (Å²) in [5.74, 6) is -1.51. The van der Waals surface area contributed by atoms with E-state index >= 15 is 13.2 Å². The first-order valence-electron chi connectivity index (χ1n) is 22.6. The molecule has 2 fully saturated rings. The number of fused-ring (bicyclic) bond motifs is 2. The first-order valence-corrected chi connectivity index (χ1v) is 24.5. The highest BCUT2D eigenvalue weighted by atomic mass is 35.5. The average molecular weight is 978 g/mol. The van der Waals surface area contributed by atoms with Crippen molar-refractivity contribution in [1.82, 2.24) is 19.6 Å². The zero-order valence-electron chi connectivity index (χ0n) is 37.6. The van der Waals surface area contributed by atoms with E-state index in [1.165, 1.54) is 27.7 Å². The minimum absolute atomic E-state index is 0.0852. The topological polar surface area (TPSA) is 175 Å². The van der Waals surface area contributed by atoms with Gasteiger partial charge in [0.1, 0.15) is 22.7 Å². The minimum atomic E-state index is -4.79. The lowest BCUT2D eigenvalue weighted by atomic mass is 9.72. The number of alkyl halides is 3. The number of nitrogens with zero attached hydrogens (tertiary/aromatic N) is 5. The molecular weight excluding hydrogens is 925 g/mol. The number of aromatic amines is 1. The fourth-order valence-electron chi connectivity index (χ4n) is 9.44. The molecule has 5 heterocycles. The Labute approximate surface area is 396 Å². The van der Waals surface area contributed by atoms with Gasteiger partial charge in [-0.25, -0.2) is 17.5 Å². The Balaban J connectivity index is 1.01. The van der Waals surface area contributed by atoms with Crippen molar-refractivity contribution in [2.75, 3.05) is 74.1 Å². The highest BCUT2D eigenvalue weighted by Gasteiger charge is 2.40. The SMILES string of the molecule is CC1(C)CCC(CN2CCN(c3ccc(C(=O)NS(=O)(=O)c4ccc(NCC5(F)CCOCC5)c([N+](=O)[O-])c4)c(N4CCC(F)(F)Oc5nc6[nH]ccc6cc54)c3)CC2)=C(c2ccc(Cl)cc2)C1. The Morgan fingerprint density at radius 1 is 0.926 bits per heavy atom. The number of ether oxygens (including phenoxy) is 2. The first-order chi connectivity index (χ1) is 32.3. The average Bonchev–Trinajstić information content (AvgIpc) is 3.71. The van der Waals surface area contributed by atoms with Crippen LogP contribution in [0.25, 0.3) is 16.6 Å². The van der Waals surface area contributed by atoms with Gasteiger partial charge in [-0.3, -0.25) is 19.8 Å². The van der Waals surface area contributed by atoms with Crippen molar-refractivity contribution >= 4 is 72.6 Å². The summed E-state index contributed by atoms with van der Waals surface area (Å²) in [6, 6.07) is 19.2. The maximum atomic E-state index is 15.3. The molecule has 0 atom stereocenters. The van der Waals surface area contributed by atoms with Crippen LogP contribution in [-0.4, -0.2) is 105 Å². The number of rotatable bonds is 12. The van der Waals surface area contributed by atoms with Crippen LogP contribution in [0.5, 0.6) is 5.88 Å². The van der Waals surface area contributed by atoms with E-state index in [1.807, 2.05) is 12.1 Å². The molecule has 1 aliphatic carbocycles. The Kier molecular flexibility index (Phi) is 12.9. The molecule has 4 aliphatic rings. The lowest BCUT2D eigenvalue weighted by molar-refractivity contribution is -0.384. The molecule has 0 saturated carbocycles. The first kappa shape index (κ1) is 47.2. The van der Waals surface area contributed by atoms with E-state index in [4.69, 9.17) is 21.1 Å². The Morgan fingerprint density at radius 3 is 2.41 bits per heavy atom. The van der Waals surface area contributed by atoms with Gasteiger partial charge in [-0.1, -0.05) is 43.2 Å². The van der Waals surface area contributed by atoms with Crippen molar-refractivity contribution in [1.29, 1.82) is 0 Å². The minimum Gasteiger partial charge on any atom is -0.412 e. The molecule has 3 aromatic carbocycles. The number of nitro benzene ring substituents is 1. The number of hydrogen-bond donors (Lipinski definition) is 3. The molecule has 5 aromatic rings. The molecule has 3 aliphatic heterocycles. The van der Waals surface area contributed by atoms with E-state index in [0.717, 1.165) is 44.0 Å². The number of hydrogen-bond acceptors (Lipinski definition) is 12. The molecule has 15 nitrogen and oxygen atoms in total. The summed E-state index contributed by atoms with van der Waals surface area (Å²) >= 11 is 6.25. The Hall–Kier alpha value is -5.89. The van der Waals surface area contributed by atoms with E-state index in [0.29, 0.717) is 47.9 Å². The molecule has 1 amide bonds. The zero-order valence-corrected chi connectivity index (χ0v) is 39.2. The normalized spacial score (nSPS) is 19.5. The van der Waals surface area contributed by atoms with Gasteiger partial charge in [-0.15, -0.1) is 0 Å². The third-order valence-corrected chi connectivity index (χ3v) is 15.0. The smallest absolute Gasteiger partial charge is 0.400 e. The van der Waals surface area contributed by atoms with Crippen LogP contribution in [0.2, 0.25) is 5.02 Å². The molecule has 2 aromatic heterocycles. The zero-order chi connectivity index (χ0) is 48.0. The van der Waals surface area contributed by atoms with Crippen molar-refractivity contribution in [3.8, 4) is 5.88 Å². The summed E-state index contributed by atoms with van der Waals surface area (Å²) in [7, 11) is -4.79. The fourth-order valence-corrected chi connectivity index (χ4v) is 10.6. The van der Waals surface area contributed by atoms with Gasteiger partial charge in [-0.2, -0.15) is 13.8 Å². The number of carbonyl (C=O) groups is 1. The number of anilines is 4. The van der Waals surface area contributed by atoms with Gasteiger partial charge in [0.25, 0.3) is 21.6 Å². The van der Waals surface area contributed by atoms with Gasteiger partial charge < -0.3 is 29.6 Å². The predicted molar refractivity (Wildman–Crippen MR) is 255 cm³/mol. The standard InChI is InChI=1S/C48H52ClF3N8O7S/c1-46(2)13-11-33(38(28-46)31-3-5-34(49)6-4-31)29-57-19-21-58(22-20-57)35-7-9-37(40(26-35)59-18-14-48(51,52)67-45-42(59)25-32-12-17-53-43(32)55-45)44(61)56-68(64,65)36-8-10-39(41(27-36)60(62)63)54-30-47(50)15-23-66-24-16-47/h3-10,12,17,25-27,54H,11,13-16,18-24,28-30H2,1-2H3,(H,53,55)(H,56,61).